The normalized spacial score (nSPS) is 19.5. The van der Waals surface area contributed by atoms with Crippen molar-refractivity contribution in [2.45, 2.75) is 38.5 Å². The second-order valence-electron chi connectivity index (χ2n) is 7.80. The zero-order valence-electron chi connectivity index (χ0n) is 15.2. The fraction of sp³-hybridized carbons (Fsp3) is 0.333. The molecule has 3 N–H and O–H groups in total. The van der Waals surface area contributed by atoms with Crippen molar-refractivity contribution < 1.29 is 15.0 Å². The van der Waals surface area contributed by atoms with E-state index in [1.807, 2.05) is 0 Å². The molecule has 3 rings (SSSR count). The maximum atomic E-state index is 12.2. The molecule has 0 aromatic heterocycles. The van der Waals surface area contributed by atoms with Crippen LogP contribution < -0.4 is 5.43 Å². The number of carbonyl (C=O) groups is 1. The monoisotopic (exact) mass is 352 g/mol. The van der Waals surface area contributed by atoms with Crippen LogP contribution in [0.2, 0.25) is 0 Å². The highest BCUT2D eigenvalue weighted by Gasteiger charge is 2.43. The second kappa shape index (κ2) is 6.83. The minimum absolute atomic E-state index is 0.0548. The van der Waals surface area contributed by atoms with Gasteiger partial charge in [0.2, 0.25) is 5.91 Å². The number of hydrogen-bond donors (Lipinski definition) is 3. The maximum absolute atomic E-state index is 12.2. The van der Waals surface area contributed by atoms with Crippen LogP contribution in [0.5, 0.6) is 11.5 Å². The topological polar surface area (TPSA) is 81.9 Å². The Morgan fingerprint density at radius 3 is 2.42 bits per heavy atom. The van der Waals surface area contributed by atoms with Crippen molar-refractivity contribution in [2.75, 3.05) is 0 Å². The largest absolute Gasteiger partial charge is 0.504 e. The van der Waals surface area contributed by atoms with E-state index in [9.17, 15) is 15.0 Å². The summed E-state index contributed by atoms with van der Waals surface area (Å²) in [7, 11) is 0. The number of amides is 1. The molecule has 0 heterocycles. The molecule has 0 radical (unpaired) electrons. The van der Waals surface area contributed by atoms with Crippen LogP contribution in [-0.2, 0) is 10.2 Å². The van der Waals surface area contributed by atoms with Crippen molar-refractivity contribution in [3.05, 3.63) is 59.2 Å². The second-order valence-corrected chi connectivity index (χ2v) is 7.80. The third-order valence-corrected chi connectivity index (χ3v) is 4.72. The standard InChI is InChI=1S/C21H24N2O3/c1-21(2,3)15-7-5-14(6-8-15)16-11-17(16)20(26)23-22-12-13-4-9-18(24)19(25)10-13/h4-10,12,16-17,24-25H,11H2,1-3H3,(H,23,26)/b22-12+/t16-,17-/m1/s1. The number of nitrogens with one attached hydrogen (secondary N) is 1. The van der Waals surface area contributed by atoms with Crippen LogP contribution in [0.25, 0.3) is 0 Å². The number of nitrogens with zero attached hydrogens (tertiary/aromatic N) is 1. The summed E-state index contributed by atoms with van der Waals surface area (Å²) in [5, 5.41) is 22.6. The van der Waals surface area contributed by atoms with Crippen molar-refractivity contribution in [3.8, 4) is 11.5 Å². The molecule has 2 atom stereocenters. The molecule has 5 nitrogen and oxygen atoms in total. The van der Waals surface area contributed by atoms with Crippen LogP contribution >= 0.6 is 0 Å². The van der Waals surface area contributed by atoms with E-state index in [1.54, 1.807) is 6.07 Å². The Labute approximate surface area is 153 Å². The molecular formula is C21H24N2O3. The van der Waals surface area contributed by atoms with Gasteiger partial charge in [-0.1, -0.05) is 45.0 Å². The van der Waals surface area contributed by atoms with Crippen molar-refractivity contribution in [1.29, 1.82) is 0 Å². The van der Waals surface area contributed by atoms with Crippen molar-refractivity contribution in [3.63, 3.8) is 0 Å². The van der Waals surface area contributed by atoms with E-state index in [4.69, 9.17) is 0 Å². The minimum Gasteiger partial charge on any atom is -0.504 e. The highest BCUT2D eigenvalue weighted by Crippen LogP contribution is 2.47. The summed E-state index contributed by atoms with van der Waals surface area (Å²) in [6.45, 7) is 6.55. The van der Waals surface area contributed by atoms with Gasteiger partial charge in [-0.3, -0.25) is 4.79 Å². The van der Waals surface area contributed by atoms with E-state index in [-0.39, 0.29) is 34.7 Å². The summed E-state index contributed by atoms with van der Waals surface area (Å²) in [6, 6.07) is 12.8. The van der Waals surface area contributed by atoms with Crippen molar-refractivity contribution >= 4 is 12.1 Å². The van der Waals surface area contributed by atoms with Crippen molar-refractivity contribution in [2.24, 2.45) is 11.0 Å². The van der Waals surface area contributed by atoms with Gasteiger partial charge in [-0.05, 0) is 52.6 Å². The first-order valence-electron chi connectivity index (χ1n) is 8.71. The molecule has 0 saturated heterocycles. The molecule has 1 aliphatic rings. The van der Waals surface area contributed by atoms with Gasteiger partial charge in [-0.15, -0.1) is 0 Å². The van der Waals surface area contributed by atoms with Gasteiger partial charge in [0.05, 0.1) is 6.21 Å². The van der Waals surface area contributed by atoms with Crippen molar-refractivity contribution in [1.82, 2.24) is 5.43 Å². The lowest BCUT2D eigenvalue weighted by atomic mass is 9.86. The Kier molecular flexibility index (Phi) is 4.72. The number of carbonyl (C=O) groups excluding carboxylic acids is 1. The SMILES string of the molecule is CC(C)(C)c1ccc([C@H]2C[C@H]2C(=O)N/N=C/c2ccc(O)c(O)c2)cc1. The fourth-order valence-electron chi connectivity index (χ4n) is 2.96. The molecule has 0 spiro atoms. The van der Waals surface area contributed by atoms with Gasteiger partial charge >= 0.3 is 0 Å². The van der Waals surface area contributed by atoms with Crippen LogP contribution in [0.3, 0.4) is 0 Å². The molecule has 5 heteroatoms. The average molecular weight is 352 g/mol. The fourth-order valence-corrected chi connectivity index (χ4v) is 2.96. The van der Waals surface area contributed by atoms with Gasteiger partial charge in [0.15, 0.2) is 11.5 Å². The zero-order valence-corrected chi connectivity index (χ0v) is 15.2. The number of hydrogen-bond acceptors (Lipinski definition) is 4. The van der Waals surface area contributed by atoms with Gasteiger partial charge in [0.1, 0.15) is 0 Å². The van der Waals surface area contributed by atoms with Gasteiger partial charge < -0.3 is 10.2 Å². The predicted octanol–water partition coefficient (Wildman–Crippen LogP) is 3.65. The Hall–Kier alpha value is -2.82. The van der Waals surface area contributed by atoms with E-state index in [0.29, 0.717) is 5.56 Å². The molecule has 1 aliphatic carbocycles. The first-order chi connectivity index (χ1) is 12.3. The van der Waals surface area contributed by atoms with Gasteiger partial charge in [-0.25, -0.2) is 5.43 Å². The molecule has 26 heavy (non-hydrogen) atoms. The van der Waals surface area contributed by atoms with E-state index in [2.05, 4.69) is 55.6 Å². The van der Waals surface area contributed by atoms with E-state index >= 15 is 0 Å². The summed E-state index contributed by atoms with van der Waals surface area (Å²) in [4.78, 5) is 12.2. The molecule has 136 valence electrons. The third-order valence-electron chi connectivity index (χ3n) is 4.72. The summed E-state index contributed by atoms with van der Waals surface area (Å²) < 4.78 is 0. The first-order valence-corrected chi connectivity index (χ1v) is 8.71. The molecule has 1 saturated carbocycles. The van der Waals surface area contributed by atoms with E-state index < -0.39 is 0 Å². The molecule has 0 bridgehead atoms. The average Bonchev–Trinajstić information content (AvgIpc) is 3.38. The molecule has 1 amide bonds. The maximum Gasteiger partial charge on any atom is 0.243 e. The number of aromatic hydroxyl groups is 2. The van der Waals surface area contributed by atoms with Gasteiger partial charge in [-0.2, -0.15) is 5.10 Å². The third kappa shape index (κ3) is 4.04. The first kappa shape index (κ1) is 18.0. The Morgan fingerprint density at radius 2 is 1.81 bits per heavy atom. The Balaban J connectivity index is 1.55. The predicted molar refractivity (Wildman–Crippen MR) is 101 cm³/mol. The highest BCUT2D eigenvalue weighted by molar-refractivity contribution is 5.86. The zero-order chi connectivity index (χ0) is 18.9. The number of phenolic OH excluding ortho intramolecular Hbond substituents is 2. The molecule has 0 aliphatic heterocycles. The summed E-state index contributed by atoms with van der Waals surface area (Å²) in [6.07, 6.45) is 2.27. The van der Waals surface area contributed by atoms with Crippen LogP contribution in [0.4, 0.5) is 0 Å². The quantitative estimate of drug-likeness (QED) is 0.446. The number of phenols is 2. The Bertz CT molecular complexity index is 835. The molecule has 2 aromatic carbocycles. The summed E-state index contributed by atoms with van der Waals surface area (Å²) in [5.74, 6) is -0.322. The number of benzene rings is 2. The Morgan fingerprint density at radius 1 is 1.12 bits per heavy atom. The molecule has 2 aromatic rings. The highest BCUT2D eigenvalue weighted by atomic mass is 16.3. The van der Waals surface area contributed by atoms with Crippen LogP contribution in [0.15, 0.2) is 47.6 Å². The van der Waals surface area contributed by atoms with E-state index in [1.165, 1.54) is 29.5 Å². The van der Waals surface area contributed by atoms with Gasteiger partial charge in [0, 0.05) is 5.92 Å². The molecule has 1 fully saturated rings. The van der Waals surface area contributed by atoms with Crippen LogP contribution in [0.1, 0.15) is 49.8 Å². The lowest BCUT2D eigenvalue weighted by Crippen LogP contribution is -2.20. The van der Waals surface area contributed by atoms with Gasteiger partial charge in [0.25, 0.3) is 0 Å². The summed E-state index contributed by atoms with van der Waals surface area (Å²) in [5.41, 5.74) is 5.73. The molecule has 0 unspecified atom stereocenters. The number of rotatable bonds is 4. The minimum atomic E-state index is -0.221. The lowest BCUT2D eigenvalue weighted by Gasteiger charge is -2.19. The smallest absolute Gasteiger partial charge is 0.243 e. The molecular weight excluding hydrogens is 328 g/mol. The number of hydrazone groups is 1. The van der Waals surface area contributed by atoms with Crippen LogP contribution in [-0.4, -0.2) is 22.3 Å². The van der Waals surface area contributed by atoms with E-state index in [0.717, 1.165) is 6.42 Å². The lowest BCUT2D eigenvalue weighted by molar-refractivity contribution is -0.122. The van der Waals surface area contributed by atoms with Crippen LogP contribution in [0, 0.1) is 5.92 Å². The summed E-state index contributed by atoms with van der Waals surface area (Å²) >= 11 is 0.